The lowest BCUT2D eigenvalue weighted by molar-refractivity contribution is -0.354. The van der Waals surface area contributed by atoms with Gasteiger partial charge in [-0.3, -0.25) is 18.8 Å². The molecule has 400 valence electrons. The molecule has 4 aliphatic carbocycles. The third-order valence-electron chi connectivity index (χ3n) is 17.5. The Kier molecular flexibility index (Phi) is 15.0. The van der Waals surface area contributed by atoms with Crippen LogP contribution in [-0.4, -0.2) is 148 Å². The summed E-state index contributed by atoms with van der Waals surface area (Å²) in [6.07, 6.45) is 2.08. The maximum Gasteiger partial charge on any atom is 0.394 e. The molecule has 7 aliphatic rings. The Bertz CT molecular complexity index is 2530. The molecule has 3 saturated heterocycles. The van der Waals surface area contributed by atoms with Crippen LogP contribution >= 0.6 is 11.6 Å². The van der Waals surface area contributed by atoms with E-state index in [1.54, 1.807) is 103 Å². The average molecular weight is 1050 g/mol. The smallest absolute Gasteiger partial charge is 0.394 e. The fourth-order valence-electron chi connectivity index (χ4n) is 13.9. The van der Waals surface area contributed by atoms with E-state index in [1.807, 2.05) is 6.92 Å². The van der Waals surface area contributed by atoms with Crippen molar-refractivity contribution in [1.82, 2.24) is 4.90 Å². The molecule has 14 unspecified atom stereocenters. The van der Waals surface area contributed by atoms with Gasteiger partial charge in [0.25, 0.3) is 0 Å². The van der Waals surface area contributed by atoms with Crippen LogP contribution in [0.4, 0.5) is 0 Å². The second kappa shape index (κ2) is 19.2. The number of halogens is 1. The lowest BCUT2D eigenvalue weighted by Gasteiger charge is -2.68. The number of ketones is 1. The minimum atomic E-state index is -4.67. The van der Waals surface area contributed by atoms with Crippen LogP contribution in [0.2, 0.25) is 5.02 Å². The fraction of sp³-hybridized carbons (Fsp3) is 0.673. The molecular formula is C52H72ClNO17S. The van der Waals surface area contributed by atoms with Crippen molar-refractivity contribution in [3.8, 4) is 5.75 Å². The largest absolute Gasteiger partial charge is 0.476 e. The number of piperidine rings is 2. The second-order valence-corrected chi connectivity index (χ2v) is 23.9. The zero-order valence-corrected chi connectivity index (χ0v) is 43.9. The standard InChI is InChI=1S/C32H49NO9.C20H21ClO4.H2O4S/c1-6-18(3)25(35)41-24-11-12-26(4)19-8-9-20-28(37)13-23(34)31(39)21(29(28,38)16-30(20,26)42-32(19,24)40)15-33-14-17(2)7-10-22(33)27(31,5)36;1-13(2)24-19(23)20(3,4)25-17-11-7-15(8-12-17)18(22)14-5-9-16(21)10-6-14;1-5(2,3)4/h6,17,19-24,34,36-40H,7-16H2,1-5H3;5-13H,1-4H3;(H2,1,2,3,4). The van der Waals surface area contributed by atoms with Crippen LogP contribution in [0.5, 0.6) is 5.75 Å². The van der Waals surface area contributed by atoms with Crippen molar-refractivity contribution < 1.29 is 81.5 Å². The minimum Gasteiger partial charge on any atom is -0.476 e. The first kappa shape index (κ1) is 56.2. The Labute approximate surface area is 426 Å². The molecule has 1 spiro atoms. The topological polar surface area (TPSA) is 287 Å². The number of aliphatic hydroxyl groups is 6. The van der Waals surface area contributed by atoms with Gasteiger partial charge in [0.1, 0.15) is 28.2 Å². The van der Waals surface area contributed by atoms with Gasteiger partial charge in [0.2, 0.25) is 5.79 Å². The first-order chi connectivity index (χ1) is 33.1. The number of hydrogen-bond acceptors (Lipinski definition) is 16. The summed E-state index contributed by atoms with van der Waals surface area (Å²) in [7, 11) is -4.67. The van der Waals surface area contributed by atoms with Crippen molar-refractivity contribution in [1.29, 1.82) is 0 Å². The second-order valence-electron chi connectivity index (χ2n) is 22.5. The van der Waals surface area contributed by atoms with Gasteiger partial charge in [-0.05, 0) is 141 Å². The van der Waals surface area contributed by atoms with Crippen LogP contribution in [0.25, 0.3) is 0 Å². The molecule has 8 N–H and O–H groups in total. The van der Waals surface area contributed by atoms with E-state index in [2.05, 4.69) is 11.8 Å². The molecule has 72 heavy (non-hydrogen) atoms. The number of ether oxygens (including phenoxy) is 4. The van der Waals surface area contributed by atoms with Gasteiger partial charge in [-0.1, -0.05) is 31.5 Å². The summed E-state index contributed by atoms with van der Waals surface area (Å²) >= 11 is 5.84. The quantitative estimate of drug-likeness (QED) is 0.0746. The van der Waals surface area contributed by atoms with E-state index < -0.39 is 97.1 Å². The van der Waals surface area contributed by atoms with E-state index in [0.717, 1.165) is 6.42 Å². The Morgan fingerprint density at radius 3 is 2.00 bits per heavy atom. The first-order valence-corrected chi connectivity index (χ1v) is 26.5. The highest BCUT2D eigenvalue weighted by Crippen LogP contribution is 2.78. The maximum atomic E-state index is 12.9. The zero-order valence-electron chi connectivity index (χ0n) is 42.4. The van der Waals surface area contributed by atoms with Crippen LogP contribution in [0, 0.1) is 29.1 Å². The van der Waals surface area contributed by atoms with Gasteiger partial charge in [-0.2, -0.15) is 8.42 Å². The van der Waals surface area contributed by atoms with Gasteiger partial charge in [0, 0.05) is 76.9 Å². The number of carbonyl (C=O) groups is 3. The summed E-state index contributed by atoms with van der Waals surface area (Å²) in [4.78, 5) is 39.4. The molecular weight excluding hydrogens is 978 g/mol. The van der Waals surface area contributed by atoms with Crippen molar-refractivity contribution in [3.05, 3.63) is 76.3 Å². The molecule has 4 saturated carbocycles. The Balaban J connectivity index is 0.000000216. The maximum absolute atomic E-state index is 12.9. The van der Waals surface area contributed by atoms with Crippen LogP contribution in [0.1, 0.15) is 130 Å². The number of esters is 2. The van der Waals surface area contributed by atoms with Crippen molar-refractivity contribution in [3.63, 3.8) is 0 Å². The monoisotopic (exact) mass is 1050 g/mol. The lowest BCUT2D eigenvalue weighted by atomic mass is 9.49. The van der Waals surface area contributed by atoms with Gasteiger partial charge >= 0.3 is 22.3 Å². The molecule has 3 heterocycles. The van der Waals surface area contributed by atoms with E-state index in [-0.39, 0.29) is 37.3 Å². The van der Waals surface area contributed by atoms with E-state index in [1.165, 1.54) is 0 Å². The Morgan fingerprint density at radius 2 is 1.43 bits per heavy atom. The molecule has 0 radical (unpaired) electrons. The number of carbonyl (C=O) groups excluding carboxylic acids is 3. The molecule has 14 atom stereocenters. The van der Waals surface area contributed by atoms with Crippen molar-refractivity contribution in [2.75, 3.05) is 13.1 Å². The molecule has 2 aromatic carbocycles. The number of benzene rings is 2. The molecule has 20 heteroatoms. The van der Waals surface area contributed by atoms with E-state index in [0.29, 0.717) is 72.0 Å². The lowest BCUT2D eigenvalue weighted by Crippen LogP contribution is -2.85. The van der Waals surface area contributed by atoms with E-state index >= 15 is 0 Å². The SMILES string of the molecule is CC(C)OC(=O)C(C)(C)Oc1ccc(C(=O)c2ccc(Cl)cc2)cc1.CC=C(C)C(=O)OC1CCC2(C)C3CCC4C5(O)CC(O)C6(O)C(CN7CC(C)CCC7C6(C)O)C5(O)CC42OC13O.O=S(=O)(O)O. The van der Waals surface area contributed by atoms with Crippen molar-refractivity contribution in [2.45, 2.75) is 177 Å². The number of aliphatic hydroxyl groups excluding tert-OH is 1. The summed E-state index contributed by atoms with van der Waals surface area (Å²) in [6, 6.07) is 13.0. The molecule has 3 aliphatic heterocycles. The molecule has 7 fully saturated rings. The van der Waals surface area contributed by atoms with Gasteiger partial charge in [0.15, 0.2) is 17.5 Å². The summed E-state index contributed by atoms with van der Waals surface area (Å²) in [5.41, 5.74) is -9.00. The molecule has 4 bridgehead atoms. The number of rotatable bonds is 8. The van der Waals surface area contributed by atoms with Crippen LogP contribution in [0.3, 0.4) is 0 Å². The number of hydrogen-bond donors (Lipinski definition) is 8. The van der Waals surface area contributed by atoms with Gasteiger partial charge in [-0.15, -0.1) is 0 Å². The Hall–Kier alpha value is -3.57. The van der Waals surface area contributed by atoms with Gasteiger partial charge in [0.05, 0.1) is 17.8 Å². The molecule has 18 nitrogen and oxygen atoms in total. The first-order valence-electron chi connectivity index (χ1n) is 24.7. The summed E-state index contributed by atoms with van der Waals surface area (Å²) in [5, 5.41) is 74.5. The van der Waals surface area contributed by atoms with Crippen LogP contribution in [0.15, 0.2) is 60.2 Å². The average Bonchev–Trinajstić information content (AvgIpc) is 3.45. The predicted octanol–water partition coefficient (Wildman–Crippen LogP) is 5.02. The summed E-state index contributed by atoms with van der Waals surface area (Å²) < 4.78 is 55.1. The minimum absolute atomic E-state index is 0.0606. The van der Waals surface area contributed by atoms with Crippen molar-refractivity contribution in [2.24, 2.45) is 29.1 Å². The summed E-state index contributed by atoms with van der Waals surface area (Å²) in [5.74, 6) is -4.11. The number of fused-ring (bicyclic) bond motifs is 5. The highest BCUT2D eigenvalue weighted by molar-refractivity contribution is 7.79. The highest BCUT2D eigenvalue weighted by atomic mass is 35.5. The fourth-order valence-corrected chi connectivity index (χ4v) is 14.0. The van der Waals surface area contributed by atoms with E-state index in [4.69, 9.17) is 48.1 Å². The third-order valence-corrected chi connectivity index (χ3v) is 17.7. The Morgan fingerprint density at radius 1 is 0.861 bits per heavy atom. The van der Waals surface area contributed by atoms with E-state index in [9.17, 15) is 45.0 Å². The van der Waals surface area contributed by atoms with Crippen LogP contribution in [-0.2, 0) is 34.2 Å². The normalized spacial score (nSPS) is 39.9. The number of allylic oxidation sites excluding steroid dienone is 1. The van der Waals surface area contributed by atoms with Crippen molar-refractivity contribution >= 4 is 39.7 Å². The summed E-state index contributed by atoms with van der Waals surface area (Å²) in [6.45, 7) is 16.9. The molecule has 0 aromatic heterocycles. The number of nitrogens with zero attached hydrogens (tertiary/aromatic N) is 1. The molecule has 2 aromatic rings. The van der Waals surface area contributed by atoms with Crippen LogP contribution < -0.4 is 4.74 Å². The molecule has 0 amide bonds. The predicted molar refractivity (Wildman–Crippen MR) is 261 cm³/mol. The highest BCUT2D eigenvalue weighted by Gasteiger charge is 2.88. The third kappa shape index (κ3) is 9.24. The zero-order chi connectivity index (χ0) is 53.6. The van der Waals surface area contributed by atoms with Gasteiger partial charge < -0.3 is 49.6 Å². The van der Waals surface area contributed by atoms with Gasteiger partial charge in [-0.25, -0.2) is 9.59 Å². The molecule has 9 rings (SSSR count).